The molecule has 3 nitrogen and oxygen atoms in total. The normalized spacial score (nSPS) is 27.2. The predicted molar refractivity (Wildman–Crippen MR) is 64.5 cm³/mol. The van der Waals surface area contributed by atoms with Crippen LogP contribution in [-0.2, 0) is 0 Å². The van der Waals surface area contributed by atoms with Gasteiger partial charge in [-0.2, -0.15) is 5.10 Å². The highest BCUT2D eigenvalue weighted by molar-refractivity contribution is 5.20. The average Bonchev–Trinajstić information content (AvgIpc) is 2.80. The number of H-pyrrole nitrogens is 1. The van der Waals surface area contributed by atoms with Crippen molar-refractivity contribution in [3.8, 4) is 0 Å². The number of aryl methyl sites for hydroxylation is 1. The molecule has 2 fully saturated rings. The summed E-state index contributed by atoms with van der Waals surface area (Å²) in [5, 5.41) is 7.31. The van der Waals surface area contributed by atoms with E-state index in [9.17, 15) is 0 Å². The van der Waals surface area contributed by atoms with Crippen LogP contribution in [0.5, 0.6) is 0 Å². The van der Waals surface area contributed by atoms with Crippen LogP contribution in [0.2, 0.25) is 0 Å². The highest BCUT2D eigenvalue weighted by Crippen LogP contribution is 2.32. The average molecular weight is 219 g/mol. The van der Waals surface area contributed by atoms with Crippen molar-refractivity contribution in [1.29, 1.82) is 0 Å². The number of aromatic amines is 1. The van der Waals surface area contributed by atoms with E-state index in [4.69, 9.17) is 0 Å². The zero-order valence-electron chi connectivity index (χ0n) is 10.1. The lowest BCUT2D eigenvalue weighted by molar-refractivity contribution is 0.203. The van der Waals surface area contributed by atoms with Gasteiger partial charge in [0.1, 0.15) is 0 Å². The quantitative estimate of drug-likeness (QED) is 0.846. The summed E-state index contributed by atoms with van der Waals surface area (Å²) < 4.78 is 0. The van der Waals surface area contributed by atoms with Crippen LogP contribution in [0.3, 0.4) is 0 Å². The number of likely N-dealkylation sites (tertiary alicyclic amines) is 1. The summed E-state index contributed by atoms with van der Waals surface area (Å²) >= 11 is 0. The molecule has 0 bridgehead atoms. The van der Waals surface area contributed by atoms with E-state index in [1.54, 1.807) is 0 Å². The first-order valence-corrected chi connectivity index (χ1v) is 6.55. The largest absolute Gasteiger partial charge is 0.302 e. The maximum absolute atomic E-state index is 4.14. The molecule has 0 aromatic carbocycles. The van der Waals surface area contributed by atoms with E-state index in [0.29, 0.717) is 5.92 Å². The second kappa shape index (κ2) is 4.21. The van der Waals surface area contributed by atoms with Crippen LogP contribution in [0.4, 0.5) is 0 Å². The van der Waals surface area contributed by atoms with Gasteiger partial charge in [0.25, 0.3) is 0 Å². The van der Waals surface area contributed by atoms with Crippen LogP contribution in [-0.4, -0.2) is 34.7 Å². The number of hydrogen-bond donors (Lipinski definition) is 1. The molecule has 0 radical (unpaired) electrons. The second-order valence-electron chi connectivity index (χ2n) is 5.51. The highest BCUT2D eigenvalue weighted by Gasteiger charge is 2.29. The zero-order valence-corrected chi connectivity index (χ0v) is 10.1. The second-order valence-corrected chi connectivity index (χ2v) is 5.51. The predicted octanol–water partition coefficient (Wildman–Crippen LogP) is 2.31. The van der Waals surface area contributed by atoms with E-state index >= 15 is 0 Å². The van der Waals surface area contributed by atoms with Gasteiger partial charge in [0, 0.05) is 24.7 Å². The smallest absolute Gasteiger partial charge is 0.0519 e. The van der Waals surface area contributed by atoms with E-state index < -0.39 is 0 Å². The molecular formula is C13H21N3. The molecule has 2 heterocycles. The Labute approximate surface area is 97.2 Å². The van der Waals surface area contributed by atoms with E-state index in [2.05, 4.69) is 22.0 Å². The lowest BCUT2D eigenvalue weighted by atomic mass is 9.85. The highest BCUT2D eigenvalue weighted by atomic mass is 15.2. The van der Waals surface area contributed by atoms with Crippen LogP contribution in [0.25, 0.3) is 0 Å². The van der Waals surface area contributed by atoms with Gasteiger partial charge in [0.15, 0.2) is 0 Å². The Kier molecular flexibility index (Phi) is 2.72. The minimum Gasteiger partial charge on any atom is -0.302 e. The van der Waals surface area contributed by atoms with Crippen molar-refractivity contribution >= 4 is 0 Å². The van der Waals surface area contributed by atoms with Gasteiger partial charge in [0.05, 0.1) is 6.20 Å². The van der Waals surface area contributed by atoms with Gasteiger partial charge >= 0.3 is 0 Å². The molecule has 0 unspecified atom stereocenters. The Bertz CT molecular complexity index is 354. The van der Waals surface area contributed by atoms with Crippen LogP contribution in [0.15, 0.2) is 6.20 Å². The molecule has 1 atom stereocenters. The SMILES string of the molecule is Cc1cn[nH]c1[C@H]1CCN(CC2CCC2)C1. The number of hydrogen-bond acceptors (Lipinski definition) is 2. The number of aromatic nitrogens is 2. The minimum atomic E-state index is 0.697. The first kappa shape index (κ1) is 10.3. The number of rotatable bonds is 3. The summed E-state index contributed by atoms with van der Waals surface area (Å²) in [6.45, 7) is 6.01. The van der Waals surface area contributed by atoms with Crippen LogP contribution in [0, 0.1) is 12.8 Å². The van der Waals surface area contributed by atoms with Crippen molar-refractivity contribution in [2.45, 2.75) is 38.5 Å². The van der Waals surface area contributed by atoms with Gasteiger partial charge in [0.2, 0.25) is 0 Å². The molecule has 1 aliphatic heterocycles. The van der Waals surface area contributed by atoms with Crippen LogP contribution >= 0.6 is 0 Å². The van der Waals surface area contributed by atoms with Gasteiger partial charge in [-0.1, -0.05) is 6.42 Å². The molecule has 1 N–H and O–H groups in total. The minimum absolute atomic E-state index is 0.697. The Balaban J connectivity index is 1.58. The summed E-state index contributed by atoms with van der Waals surface area (Å²) in [7, 11) is 0. The van der Waals surface area contributed by atoms with E-state index in [1.807, 2.05) is 6.20 Å². The fraction of sp³-hybridized carbons (Fsp3) is 0.769. The number of nitrogens with one attached hydrogen (secondary N) is 1. The van der Waals surface area contributed by atoms with Crippen LogP contribution < -0.4 is 0 Å². The zero-order chi connectivity index (χ0) is 11.0. The van der Waals surface area contributed by atoms with Gasteiger partial charge in [-0.15, -0.1) is 0 Å². The van der Waals surface area contributed by atoms with Crippen LogP contribution in [0.1, 0.15) is 42.9 Å². The summed E-state index contributed by atoms with van der Waals surface area (Å²) in [6.07, 6.45) is 7.63. The summed E-state index contributed by atoms with van der Waals surface area (Å²) in [6, 6.07) is 0. The third-order valence-electron chi connectivity index (χ3n) is 4.29. The molecule has 3 rings (SSSR count). The fourth-order valence-corrected chi connectivity index (χ4v) is 3.04. The fourth-order valence-electron chi connectivity index (χ4n) is 3.04. The number of nitrogens with zero attached hydrogens (tertiary/aromatic N) is 2. The molecular weight excluding hydrogens is 198 g/mol. The molecule has 3 heteroatoms. The maximum Gasteiger partial charge on any atom is 0.0519 e. The Morgan fingerprint density at radius 1 is 1.44 bits per heavy atom. The molecule has 16 heavy (non-hydrogen) atoms. The first-order chi connectivity index (χ1) is 7.83. The lowest BCUT2D eigenvalue weighted by Gasteiger charge is -2.30. The Morgan fingerprint density at radius 2 is 2.31 bits per heavy atom. The molecule has 0 amide bonds. The van der Waals surface area contributed by atoms with Crippen molar-refractivity contribution in [3.05, 3.63) is 17.5 Å². The Hall–Kier alpha value is -0.830. The molecule has 1 aromatic rings. The standard InChI is InChI=1S/C13H21N3/c1-10-7-14-15-13(10)12-5-6-16(9-12)8-11-3-2-4-11/h7,11-12H,2-6,8-9H2,1H3,(H,14,15)/t12-/m0/s1. The van der Waals surface area contributed by atoms with Gasteiger partial charge in [-0.05, 0) is 44.2 Å². The molecule has 1 saturated carbocycles. The molecule has 2 aliphatic rings. The van der Waals surface area contributed by atoms with Crippen molar-refractivity contribution in [2.75, 3.05) is 19.6 Å². The van der Waals surface area contributed by atoms with Crippen molar-refractivity contribution < 1.29 is 0 Å². The van der Waals surface area contributed by atoms with Gasteiger partial charge < -0.3 is 4.90 Å². The Morgan fingerprint density at radius 3 is 2.94 bits per heavy atom. The molecule has 1 aromatic heterocycles. The van der Waals surface area contributed by atoms with Gasteiger partial charge in [-0.3, -0.25) is 5.10 Å². The monoisotopic (exact) mass is 219 g/mol. The lowest BCUT2D eigenvalue weighted by Crippen LogP contribution is -2.30. The first-order valence-electron chi connectivity index (χ1n) is 6.55. The molecule has 88 valence electrons. The van der Waals surface area contributed by atoms with E-state index in [-0.39, 0.29) is 0 Å². The summed E-state index contributed by atoms with van der Waals surface area (Å²) in [5.41, 5.74) is 2.70. The summed E-state index contributed by atoms with van der Waals surface area (Å²) in [4.78, 5) is 2.65. The van der Waals surface area contributed by atoms with Gasteiger partial charge in [-0.25, -0.2) is 0 Å². The third kappa shape index (κ3) is 1.88. The van der Waals surface area contributed by atoms with Crippen molar-refractivity contribution in [2.24, 2.45) is 5.92 Å². The molecule has 1 aliphatic carbocycles. The maximum atomic E-state index is 4.14. The van der Waals surface area contributed by atoms with E-state index in [1.165, 1.54) is 56.6 Å². The van der Waals surface area contributed by atoms with E-state index in [0.717, 1.165) is 5.92 Å². The third-order valence-corrected chi connectivity index (χ3v) is 4.29. The topological polar surface area (TPSA) is 31.9 Å². The van der Waals surface area contributed by atoms with Crippen molar-refractivity contribution in [3.63, 3.8) is 0 Å². The summed E-state index contributed by atoms with van der Waals surface area (Å²) in [5.74, 6) is 1.70. The van der Waals surface area contributed by atoms with Crippen molar-refractivity contribution in [1.82, 2.24) is 15.1 Å². The molecule has 1 saturated heterocycles. The molecule has 0 spiro atoms.